The van der Waals surface area contributed by atoms with Gasteiger partial charge in [-0.05, 0) is 42.0 Å². The van der Waals surface area contributed by atoms with Crippen LogP contribution in [0.15, 0.2) is 71.5 Å². The molecule has 0 unspecified atom stereocenters. The molecule has 1 amide bonds. The van der Waals surface area contributed by atoms with E-state index >= 15 is 0 Å². The van der Waals surface area contributed by atoms with Crippen molar-refractivity contribution in [1.82, 2.24) is 19.7 Å². The van der Waals surface area contributed by atoms with E-state index in [9.17, 15) is 9.59 Å². The zero-order valence-corrected chi connectivity index (χ0v) is 18.6. The summed E-state index contributed by atoms with van der Waals surface area (Å²) in [7, 11) is 0. The minimum Gasteiger partial charge on any atom is -0.306 e. The molecule has 0 bridgehead atoms. The normalized spacial score (nSPS) is 13.3. The van der Waals surface area contributed by atoms with E-state index < -0.39 is 0 Å². The molecule has 7 nitrogen and oxygen atoms in total. The van der Waals surface area contributed by atoms with Gasteiger partial charge in [0.15, 0.2) is 0 Å². The average molecular weight is 440 g/mol. The van der Waals surface area contributed by atoms with E-state index in [1.165, 1.54) is 10.7 Å². The zero-order chi connectivity index (χ0) is 22.9. The molecule has 1 fully saturated rings. The van der Waals surface area contributed by atoms with Crippen LogP contribution in [0, 0.1) is 0 Å². The van der Waals surface area contributed by atoms with Crippen molar-refractivity contribution < 1.29 is 4.79 Å². The van der Waals surface area contributed by atoms with E-state index in [-0.39, 0.29) is 17.4 Å². The number of amides is 1. The average Bonchev–Trinajstić information content (AvgIpc) is 3.59. The van der Waals surface area contributed by atoms with Gasteiger partial charge in [-0.25, -0.2) is 4.98 Å². The number of nitrogens with one attached hydrogen (secondary N) is 2. The van der Waals surface area contributed by atoms with Crippen molar-refractivity contribution in [3.63, 3.8) is 0 Å². The lowest BCUT2D eigenvalue weighted by molar-refractivity contribution is 0.102. The van der Waals surface area contributed by atoms with Gasteiger partial charge in [0, 0.05) is 23.6 Å². The summed E-state index contributed by atoms with van der Waals surface area (Å²) < 4.78 is 1.52. The van der Waals surface area contributed by atoms with Gasteiger partial charge >= 0.3 is 0 Å². The molecule has 2 heterocycles. The van der Waals surface area contributed by atoms with Crippen molar-refractivity contribution in [2.75, 3.05) is 5.32 Å². The Kier molecular flexibility index (Phi) is 5.38. The maximum Gasteiger partial charge on any atom is 0.256 e. The molecule has 0 radical (unpaired) electrons. The second kappa shape index (κ2) is 8.50. The van der Waals surface area contributed by atoms with Crippen molar-refractivity contribution in [3.05, 3.63) is 94.0 Å². The molecule has 5 rings (SSSR count). The second-order valence-corrected chi connectivity index (χ2v) is 8.69. The van der Waals surface area contributed by atoms with E-state index in [0.29, 0.717) is 28.9 Å². The van der Waals surface area contributed by atoms with E-state index in [0.717, 1.165) is 29.7 Å². The van der Waals surface area contributed by atoms with Crippen molar-refractivity contribution >= 4 is 11.7 Å². The summed E-state index contributed by atoms with van der Waals surface area (Å²) >= 11 is 0. The third-order valence-corrected chi connectivity index (χ3v) is 5.76. The van der Waals surface area contributed by atoms with Crippen LogP contribution < -0.4 is 10.9 Å². The van der Waals surface area contributed by atoms with Gasteiger partial charge in [0.2, 0.25) is 5.95 Å². The highest BCUT2D eigenvalue weighted by Gasteiger charge is 2.28. The standard InChI is InChI=1S/C26H25N5O2/c1-16(2)21-15-24(32)29-26(27-21)31-23(14-22(30-31)19-10-11-19)28-25(33)20-12-8-18(9-13-20)17-6-4-3-5-7-17/h3-9,12-16,19H,10-11H2,1-2H3,(H,28,33)(H,27,29,32). The SMILES string of the molecule is CC(C)c1cc(=O)[nH]c(-n2nc(C3CC3)cc2NC(=O)c2ccc(-c3ccccc3)cc2)n1. The fraction of sp³-hybridized carbons (Fsp3) is 0.231. The Morgan fingerprint density at radius 2 is 1.73 bits per heavy atom. The van der Waals surface area contributed by atoms with Gasteiger partial charge in [-0.1, -0.05) is 56.3 Å². The minimum absolute atomic E-state index is 0.0886. The summed E-state index contributed by atoms with van der Waals surface area (Å²) in [6.07, 6.45) is 2.14. The van der Waals surface area contributed by atoms with Gasteiger partial charge < -0.3 is 5.32 Å². The molecule has 166 valence electrons. The predicted octanol–water partition coefficient (Wildman–Crippen LogP) is 4.88. The maximum absolute atomic E-state index is 13.0. The lowest BCUT2D eigenvalue weighted by Crippen LogP contribution is -2.19. The number of carbonyl (C=O) groups excluding carboxylic acids is 1. The van der Waals surface area contributed by atoms with Crippen LogP contribution in [0.3, 0.4) is 0 Å². The third kappa shape index (κ3) is 4.48. The summed E-state index contributed by atoms with van der Waals surface area (Å²) in [5.74, 6) is 1.00. The summed E-state index contributed by atoms with van der Waals surface area (Å²) in [4.78, 5) is 32.6. The molecular formula is C26H25N5O2. The van der Waals surface area contributed by atoms with Gasteiger partial charge in [0.25, 0.3) is 11.5 Å². The van der Waals surface area contributed by atoms with E-state index in [2.05, 4.69) is 20.4 Å². The van der Waals surface area contributed by atoms with Gasteiger partial charge in [0.1, 0.15) is 5.82 Å². The molecule has 2 aromatic heterocycles. The van der Waals surface area contributed by atoms with Crippen molar-refractivity contribution in [2.24, 2.45) is 0 Å². The van der Waals surface area contributed by atoms with Crippen molar-refractivity contribution in [3.8, 4) is 17.1 Å². The van der Waals surface area contributed by atoms with Crippen LogP contribution in [0.1, 0.15) is 60.3 Å². The molecule has 0 saturated heterocycles. The van der Waals surface area contributed by atoms with E-state index in [1.54, 1.807) is 12.1 Å². The predicted molar refractivity (Wildman–Crippen MR) is 128 cm³/mol. The summed E-state index contributed by atoms with van der Waals surface area (Å²) in [5, 5.41) is 7.61. The number of aromatic amines is 1. The lowest BCUT2D eigenvalue weighted by Gasteiger charge is -2.10. The number of rotatable bonds is 6. The lowest BCUT2D eigenvalue weighted by atomic mass is 10.0. The first kappa shape index (κ1) is 20.9. The van der Waals surface area contributed by atoms with Crippen LogP contribution in [0.5, 0.6) is 0 Å². The molecule has 1 aliphatic carbocycles. The van der Waals surface area contributed by atoms with E-state index in [1.807, 2.05) is 62.4 Å². The molecule has 1 aliphatic rings. The molecule has 1 saturated carbocycles. The number of benzene rings is 2. The molecule has 33 heavy (non-hydrogen) atoms. The highest BCUT2D eigenvalue weighted by molar-refractivity contribution is 6.04. The Morgan fingerprint density at radius 3 is 2.39 bits per heavy atom. The Balaban J connectivity index is 1.45. The van der Waals surface area contributed by atoms with Crippen molar-refractivity contribution in [2.45, 2.75) is 38.5 Å². The molecule has 0 atom stereocenters. The Bertz CT molecular complexity index is 1350. The molecule has 7 heteroatoms. The van der Waals surface area contributed by atoms with Crippen LogP contribution in [-0.4, -0.2) is 25.7 Å². The van der Waals surface area contributed by atoms with E-state index in [4.69, 9.17) is 0 Å². The molecule has 4 aromatic rings. The summed E-state index contributed by atoms with van der Waals surface area (Å²) in [5.41, 5.74) is 3.99. The first-order chi connectivity index (χ1) is 16.0. The van der Waals surface area contributed by atoms with Gasteiger partial charge in [-0.15, -0.1) is 0 Å². The van der Waals surface area contributed by atoms with Gasteiger partial charge in [-0.2, -0.15) is 9.78 Å². The highest BCUT2D eigenvalue weighted by atomic mass is 16.1. The number of carbonyl (C=O) groups is 1. The maximum atomic E-state index is 13.0. The second-order valence-electron chi connectivity index (χ2n) is 8.69. The third-order valence-electron chi connectivity index (χ3n) is 5.76. The fourth-order valence-electron chi connectivity index (χ4n) is 3.72. The van der Waals surface area contributed by atoms with Crippen LogP contribution in [0.2, 0.25) is 0 Å². The summed E-state index contributed by atoms with van der Waals surface area (Å²) in [6, 6.07) is 20.9. The van der Waals surface area contributed by atoms with Crippen LogP contribution >= 0.6 is 0 Å². The van der Waals surface area contributed by atoms with Crippen molar-refractivity contribution in [1.29, 1.82) is 0 Å². The molecule has 0 spiro atoms. The Labute approximate surface area is 191 Å². The summed E-state index contributed by atoms with van der Waals surface area (Å²) in [6.45, 7) is 3.96. The quantitative estimate of drug-likeness (QED) is 0.448. The minimum atomic E-state index is -0.250. The molecule has 0 aliphatic heterocycles. The Hall–Kier alpha value is -4.00. The van der Waals surface area contributed by atoms with Gasteiger partial charge in [-0.3, -0.25) is 14.6 Å². The number of anilines is 1. The Morgan fingerprint density at radius 1 is 1.03 bits per heavy atom. The smallest absolute Gasteiger partial charge is 0.256 e. The fourth-order valence-corrected chi connectivity index (χ4v) is 3.72. The number of hydrogen-bond donors (Lipinski definition) is 2. The van der Waals surface area contributed by atoms with Gasteiger partial charge in [0.05, 0.1) is 11.4 Å². The highest BCUT2D eigenvalue weighted by Crippen LogP contribution is 2.40. The van der Waals surface area contributed by atoms with Crippen LogP contribution in [0.25, 0.3) is 17.1 Å². The zero-order valence-electron chi connectivity index (χ0n) is 18.6. The number of hydrogen-bond acceptors (Lipinski definition) is 4. The van der Waals surface area contributed by atoms with Crippen LogP contribution in [0.4, 0.5) is 5.82 Å². The topological polar surface area (TPSA) is 92.7 Å². The first-order valence-electron chi connectivity index (χ1n) is 11.2. The number of H-pyrrole nitrogens is 1. The monoisotopic (exact) mass is 439 g/mol. The largest absolute Gasteiger partial charge is 0.306 e. The first-order valence-corrected chi connectivity index (χ1v) is 11.2. The molecule has 2 aromatic carbocycles. The molecular weight excluding hydrogens is 414 g/mol. The molecule has 2 N–H and O–H groups in total. The number of aromatic nitrogens is 4. The van der Waals surface area contributed by atoms with Crippen LogP contribution in [-0.2, 0) is 0 Å². The number of nitrogens with zero attached hydrogens (tertiary/aromatic N) is 3.